The quantitative estimate of drug-likeness (QED) is 0.542. The topological polar surface area (TPSA) is 25.4 Å². The van der Waals surface area contributed by atoms with E-state index in [1.165, 1.54) is 29.8 Å². The highest BCUT2D eigenvalue weighted by atomic mass is 32.1. The lowest BCUT2D eigenvalue weighted by Crippen LogP contribution is -2.41. The van der Waals surface area contributed by atoms with Crippen LogP contribution >= 0.6 is 11.3 Å². The van der Waals surface area contributed by atoms with E-state index < -0.39 is 8.32 Å². The molecule has 1 aliphatic heterocycles. The van der Waals surface area contributed by atoms with Crippen LogP contribution in [-0.2, 0) is 4.43 Å². The highest BCUT2D eigenvalue weighted by molar-refractivity contribution is 7.07. The van der Waals surface area contributed by atoms with Gasteiger partial charge in [0.05, 0.1) is 23.4 Å². The van der Waals surface area contributed by atoms with Crippen molar-refractivity contribution in [3.63, 3.8) is 0 Å². The second-order valence-corrected chi connectivity index (χ2v) is 14.4. The number of thiazole rings is 1. The molecular formula is C21H32N2OSSi. The van der Waals surface area contributed by atoms with E-state index in [1.54, 1.807) is 11.3 Å². The maximum Gasteiger partial charge on any atom is 0.192 e. The predicted octanol–water partition coefficient (Wildman–Crippen LogP) is 6.57. The monoisotopic (exact) mass is 388 g/mol. The average molecular weight is 389 g/mol. The van der Waals surface area contributed by atoms with Gasteiger partial charge in [-0.15, -0.1) is 11.3 Å². The van der Waals surface area contributed by atoms with Crippen LogP contribution in [0, 0.1) is 0 Å². The van der Waals surface area contributed by atoms with E-state index >= 15 is 0 Å². The van der Waals surface area contributed by atoms with Crippen molar-refractivity contribution >= 4 is 25.3 Å². The van der Waals surface area contributed by atoms with Gasteiger partial charge < -0.3 is 9.33 Å². The van der Waals surface area contributed by atoms with Gasteiger partial charge in [0.2, 0.25) is 0 Å². The molecule has 0 unspecified atom stereocenters. The van der Waals surface area contributed by atoms with Gasteiger partial charge in [0.15, 0.2) is 8.32 Å². The van der Waals surface area contributed by atoms with Gasteiger partial charge in [0.25, 0.3) is 0 Å². The Morgan fingerprint density at radius 2 is 1.92 bits per heavy atom. The highest BCUT2D eigenvalue weighted by Gasteiger charge is 2.38. The predicted molar refractivity (Wildman–Crippen MR) is 115 cm³/mol. The number of aromatic nitrogens is 1. The summed E-state index contributed by atoms with van der Waals surface area (Å²) in [6, 6.07) is 9.41. The fraction of sp³-hybridized carbons (Fsp3) is 0.571. The molecule has 1 fully saturated rings. The summed E-state index contributed by atoms with van der Waals surface area (Å²) in [4.78, 5) is 7.04. The van der Waals surface area contributed by atoms with Crippen molar-refractivity contribution in [2.45, 2.75) is 70.8 Å². The maximum atomic E-state index is 6.55. The summed E-state index contributed by atoms with van der Waals surface area (Å²) in [5.74, 6) is 0. The van der Waals surface area contributed by atoms with E-state index in [9.17, 15) is 0 Å². The Kier molecular flexibility index (Phi) is 5.61. The van der Waals surface area contributed by atoms with Crippen molar-refractivity contribution in [1.82, 2.24) is 4.98 Å². The first-order chi connectivity index (χ1) is 12.2. The number of nitrogens with zero attached hydrogens (tertiary/aromatic N) is 2. The molecule has 26 heavy (non-hydrogen) atoms. The SMILES string of the molecule is C[C@H](O[Si](C)(C)C(C)(C)C)c1ccc(N2CCC[C@@H]2c2cscn2)cc1. The Hall–Kier alpha value is -1.17. The fourth-order valence-electron chi connectivity index (χ4n) is 3.39. The molecule has 2 heterocycles. The second kappa shape index (κ2) is 7.45. The Balaban J connectivity index is 1.72. The van der Waals surface area contributed by atoms with Gasteiger partial charge in [-0.2, -0.15) is 0 Å². The van der Waals surface area contributed by atoms with Gasteiger partial charge in [-0.25, -0.2) is 4.98 Å². The third kappa shape index (κ3) is 4.05. The van der Waals surface area contributed by atoms with E-state index in [2.05, 4.69) is 80.3 Å². The van der Waals surface area contributed by atoms with Gasteiger partial charge in [-0.1, -0.05) is 32.9 Å². The minimum atomic E-state index is -1.75. The van der Waals surface area contributed by atoms with E-state index in [0.29, 0.717) is 6.04 Å². The standard InChI is InChI=1S/C21H32N2OSSi/c1-16(24-26(5,6)21(2,3)4)17-9-11-18(12-10-17)23-13-7-8-20(23)19-14-25-15-22-19/h9-12,14-16,20H,7-8,13H2,1-6H3/t16-,20+/m0/s1. The minimum absolute atomic E-state index is 0.137. The summed E-state index contributed by atoms with van der Waals surface area (Å²) in [6.45, 7) is 14.8. The largest absolute Gasteiger partial charge is 0.410 e. The van der Waals surface area contributed by atoms with E-state index in [0.717, 1.165) is 6.54 Å². The third-order valence-corrected chi connectivity index (χ3v) is 11.2. The minimum Gasteiger partial charge on any atom is -0.410 e. The van der Waals surface area contributed by atoms with Crippen LogP contribution in [0.3, 0.4) is 0 Å². The third-order valence-electron chi connectivity index (χ3n) is 6.02. The van der Waals surface area contributed by atoms with Gasteiger partial charge in [-0.3, -0.25) is 0 Å². The molecule has 0 N–H and O–H groups in total. The van der Waals surface area contributed by atoms with Gasteiger partial charge in [0.1, 0.15) is 0 Å². The van der Waals surface area contributed by atoms with Crippen molar-refractivity contribution in [3.05, 3.63) is 46.4 Å². The lowest BCUT2D eigenvalue weighted by molar-refractivity contribution is 0.203. The van der Waals surface area contributed by atoms with Crippen molar-refractivity contribution in [2.75, 3.05) is 11.4 Å². The maximum absolute atomic E-state index is 6.55. The molecule has 0 saturated carbocycles. The molecule has 3 nitrogen and oxygen atoms in total. The van der Waals surface area contributed by atoms with Crippen molar-refractivity contribution < 1.29 is 4.43 Å². The summed E-state index contributed by atoms with van der Waals surface area (Å²) in [6.07, 6.45) is 2.56. The first kappa shape index (κ1) is 19.6. The lowest BCUT2D eigenvalue weighted by Gasteiger charge is -2.38. The van der Waals surface area contributed by atoms with Crippen LogP contribution in [0.1, 0.15) is 63.9 Å². The highest BCUT2D eigenvalue weighted by Crippen LogP contribution is 2.40. The summed E-state index contributed by atoms with van der Waals surface area (Å²) in [5.41, 5.74) is 5.72. The second-order valence-electron chi connectivity index (χ2n) is 8.88. The zero-order valence-corrected chi connectivity index (χ0v) is 18.8. The first-order valence-electron chi connectivity index (χ1n) is 9.61. The summed E-state index contributed by atoms with van der Waals surface area (Å²) in [7, 11) is -1.75. The summed E-state index contributed by atoms with van der Waals surface area (Å²) < 4.78 is 6.55. The van der Waals surface area contributed by atoms with Crippen LogP contribution in [0.15, 0.2) is 35.2 Å². The molecule has 3 rings (SSSR count). The van der Waals surface area contributed by atoms with Crippen molar-refractivity contribution in [3.8, 4) is 0 Å². The molecule has 0 amide bonds. The van der Waals surface area contributed by atoms with Crippen LogP contribution in [0.25, 0.3) is 0 Å². The molecule has 5 heteroatoms. The molecular weight excluding hydrogens is 356 g/mol. The molecule has 1 aromatic heterocycles. The molecule has 1 saturated heterocycles. The van der Waals surface area contributed by atoms with Gasteiger partial charge in [-0.05, 0) is 55.6 Å². The van der Waals surface area contributed by atoms with Crippen LogP contribution < -0.4 is 4.90 Å². The number of rotatable bonds is 5. The Morgan fingerprint density at radius 1 is 1.23 bits per heavy atom. The number of benzene rings is 1. The number of anilines is 1. The molecule has 0 aliphatic carbocycles. The zero-order chi connectivity index (χ0) is 18.9. The first-order valence-corrected chi connectivity index (χ1v) is 13.5. The molecule has 1 aliphatic rings. The fourth-order valence-corrected chi connectivity index (χ4v) is 5.37. The zero-order valence-electron chi connectivity index (χ0n) is 17.0. The molecule has 142 valence electrons. The van der Waals surface area contributed by atoms with Crippen molar-refractivity contribution in [1.29, 1.82) is 0 Å². The lowest BCUT2D eigenvalue weighted by atomic mass is 10.1. The Labute approximate surface area is 163 Å². The number of hydrogen-bond acceptors (Lipinski definition) is 4. The molecule has 1 aromatic carbocycles. The number of hydrogen-bond donors (Lipinski definition) is 0. The van der Waals surface area contributed by atoms with Crippen LogP contribution in [-0.4, -0.2) is 19.8 Å². The van der Waals surface area contributed by atoms with E-state index in [1.807, 2.05) is 5.51 Å². The normalized spacial score (nSPS) is 19.8. The smallest absolute Gasteiger partial charge is 0.192 e. The molecule has 2 atom stereocenters. The van der Waals surface area contributed by atoms with Crippen molar-refractivity contribution in [2.24, 2.45) is 0 Å². The van der Waals surface area contributed by atoms with E-state index in [4.69, 9.17) is 4.43 Å². The van der Waals surface area contributed by atoms with Gasteiger partial charge in [0, 0.05) is 17.6 Å². The average Bonchev–Trinajstić information content (AvgIpc) is 3.24. The summed E-state index contributed by atoms with van der Waals surface area (Å²) >= 11 is 1.69. The van der Waals surface area contributed by atoms with Crippen LogP contribution in [0.2, 0.25) is 18.1 Å². The summed E-state index contributed by atoms with van der Waals surface area (Å²) in [5, 5.41) is 2.42. The molecule has 2 aromatic rings. The molecule has 0 bridgehead atoms. The molecule has 0 spiro atoms. The molecule has 0 radical (unpaired) electrons. The van der Waals surface area contributed by atoms with Crippen LogP contribution in [0.4, 0.5) is 5.69 Å². The Bertz CT molecular complexity index is 707. The van der Waals surface area contributed by atoms with Gasteiger partial charge >= 0.3 is 0 Å². The van der Waals surface area contributed by atoms with E-state index in [-0.39, 0.29) is 11.1 Å². The Morgan fingerprint density at radius 3 is 2.50 bits per heavy atom. The van der Waals surface area contributed by atoms with Crippen LogP contribution in [0.5, 0.6) is 0 Å².